The first-order valence-electron chi connectivity index (χ1n) is 13.7. The maximum absolute atomic E-state index is 13.4. The molecule has 41 heavy (non-hydrogen) atoms. The molecule has 11 heteroatoms. The van der Waals surface area contributed by atoms with E-state index in [0.717, 1.165) is 65.2 Å². The molecule has 1 saturated heterocycles. The molecule has 2 aliphatic rings. The fourth-order valence-corrected chi connectivity index (χ4v) is 5.53. The lowest BCUT2D eigenvalue weighted by atomic mass is 9.87. The highest BCUT2D eigenvalue weighted by Crippen LogP contribution is 2.31. The molecular weight excluding hydrogens is 521 g/mol. The quantitative estimate of drug-likeness (QED) is 0.337. The molecule has 4 aromatic heterocycles. The van der Waals surface area contributed by atoms with E-state index < -0.39 is 5.54 Å². The number of rotatable bonds is 6. The minimum absolute atomic E-state index is 0.292. The molecule has 1 unspecified atom stereocenters. The van der Waals surface area contributed by atoms with E-state index in [2.05, 4.69) is 48.4 Å². The van der Waals surface area contributed by atoms with Gasteiger partial charge in [0.1, 0.15) is 17.7 Å². The number of benzene rings is 1. The highest BCUT2D eigenvalue weighted by molar-refractivity contribution is 5.78. The summed E-state index contributed by atoms with van der Waals surface area (Å²) in [6.45, 7) is 4.81. The van der Waals surface area contributed by atoms with Crippen molar-refractivity contribution in [2.45, 2.75) is 31.3 Å². The van der Waals surface area contributed by atoms with Crippen molar-refractivity contribution in [3.05, 3.63) is 96.5 Å². The van der Waals surface area contributed by atoms with Gasteiger partial charge in [0.15, 0.2) is 11.6 Å². The number of aromatic nitrogens is 7. The van der Waals surface area contributed by atoms with Crippen LogP contribution in [0.3, 0.4) is 0 Å². The van der Waals surface area contributed by atoms with Crippen molar-refractivity contribution in [1.82, 2.24) is 34.3 Å². The molecule has 5 aromatic rings. The predicted octanol–water partition coefficient (Wildman–Crippen LogP) is 4.00. The van der Waals surface area contributed by atoms with Crippen molar-refractivity contribution in [2.75, 3.05) is 31.2 Å². The summed E-state index contributed by atoms with van der Waals surface area (Å²) in [5.74, 6) is 1.27. The van der Waals surface area contributed by atoms with E-state index in [-0.39, 0.29) is 5.82 Å². The fourth-order valence-electron chi connectivity index (χ4n) is 5.53. The van der Waals surface area contributed by atoms with Gasteiger partial charge in [-0.1, -0.05) is 18.2 Å². The van der Waals surface area contributed by atoms with Gasteiger partial charge in [-0.2, -0.15) is 10.2 Å². The Bertz CT molecular complexity index is 1720. The molecule has 0 amide bonds. The highest BCUT2D eigenvalue weighted by Gasteiger charge is 2.26. The summed E-state index contributed by atoms with van der Waals surface area (Å²) in [7, 11) is 0. The van der Waals surface area contributed by atoms with Crippen molar-refractivity contribution in [3.63, 3.8) is 0 Å². The van der Waals surface area contributed by atoms with Crippen molar-refractivity contribution >= 4 is 16.9 Å². The Balaban J connectivity index is 1.08. The summed E-state index contributed by atoms with van der Waals surface area (Å²) in [5.41, 5.74) is 11.4. The van der Waals surface area contributed by atoms with Crippen LogP contribution in [0.4, 0.5) is 10.2 Å². The lowest BCUT2D eigenvalue weighted by Crippen LogP contribution is -2.34. The summed E-state index contributed by atoms with van der Waals surface area (Å²) in [5, 5.41) is 9.02. The van der Waals surface area contributed by atoms with Crippen LogP contribution in [-0.4, -0.2) is 60.6 Å². The van der Waals surface area contributed by atoms with Gasteiger partial charge in [-0.15, -0.1) is 0 Å². The summed E-state index contributed by atoms with van der Waals surface area (Å²) >= 11 is 0. The van der Waals surface area contributed by atoms with E-state index in [1.807, 2.05) is 28.5 Å². The van der Waals surface area contributed by atoms with Crippen LogP contribution >= 0.6 is 0 Å². The van der Waals surface area contributed by atoms with Gasteiger partial charge in [-0.3, -0.25) is 4.68 Å². The molecule has 0 spiro atoms. The van der Waals surface area contributed by atoms with Crippen molar-refractivity contribution in [1.29, 1.82) is 0 Å². The van der Waals surface area contributed by atoms with Crippen molar-refractivity contribution < 1.29 is 9.13 Å². The molecule has 208 valence electrons. The normalized spacial score (nSPS) is 19.0. The second kappa shape index (κ2) is 10.2. The zero-order valence-electron chi connectivity index (χ0n) is 22.7. The third-order valence-electron chi connectivity index (χ3n) is 8.09. The third-order valence-corrected chi connectivity index (χ3v) is 8.09. The molecule has 2 aliphatic heterocycles. The Hall–Kier alpha value is -4.48. The van der Waals surface area contributed by atoms with Crippen LogP contribution < -0.4 is 10.6 Å². The van der Waals surface area contributed by atoms with E-state index in [0.29, 0.717) is 25.0 Å². The number of hydrogen-bond donors (Lipinski definition) is 1. The molecule has 1 fully saturated rings. The number of anilines is 1. The molecule has 2 N–H and O–H groups in total. The summed E-state index contributed by atoms with van der Waals surface area (Å²) in [4.78, 5) is 16.1. The summed E-state index contributed by atoms with van der Waals surface area (Å²) < 4.78 is 22.8. The maximum Gasteiger partial charge on any atom is 0.156 e. The Morgan fingerprint density at radius 2 is 1.83 bits per heavy atom. The van der Waals surface area contributed by atoms with Crippen molar-refractivity contribution in [3.8, 4) is 11.1 Å². The molecule has 0 saturated carbocycles. The van der Waals surface area contributed by atoms with E-state index in [4.69, 9.17) is 10.5 Å². The van der Waals surface area contributed by atoms with Gasteiger partial charge in [-0.05, 0) is 49.1 Å². The van der Waals surface area contributed by atoms with Crippen LogP contribution in [-0.2, 0) is 10.3 Å². The average Bonchev–Trinajstić information content (AvgIpc) is 3.78. The molecular formula is C30H30FN9O. The first kappa shape index (κ1) is 25.5. The molecule has 0 radical (unpaired) electrons. The van der Waals surface area contributed by atoms with Gasteiger partial charge < -0.3 is 15.4 Å². The number of nitrogens with zero attached hydrogens (tertiary/aromatic N) is 8. The minimum Gasteiger partial charge on any atom is -0.379 e. The number of halogens is 1. The fraction of sp³-hybridized carbons (Fsp3) is 0.300. The smallest absolute Gasteiger partial charge is 0.156 e. The monoisotopic (exact) mass is 551 g/mol. The summed E-state index contributed by atoms with van der Waals surface area (Å²) in [6.07, 6.45) is 15.0. The molecule has 0 bridgehead atoms. The molecule has 0 aliphatic carbocycles. The molecule has 6 heterocycles. The van der Waals surface area contributed by atoms with Gasteiger partial charge in [0.05, 0.1) is 24.4 Å². The Kier molecular flexibility index (Phi) is 6.32. The lowest BCUT2D eigenvalue weighted by Gasteiger charge is -2.28. The first-order valence-corrected chi connectivity index (χ1v) is 13.7. The van der Waals surface area contributed by atoms with Crippen LogP contribution in [0.2, 0.25) is 0 Å². The molecule has 1 aromatic carbocycles. The van der Waals surface area contributed by atoms with Gasteiger partial charge in [0, 0.05) is 61.2 Å². The molecule has 7 rings (SSSR count). The topological polar surface area (TPSA) is 112 Å². The predicted molar refractivity (Wildman–Crippen MR) is 153 cm³/mol. The second-order valence-electron chi connectivity index (χ2n) is 10.8. The van der Waals surface area contributed by atoms with Crippen LogP contribution in [0, 0.1) is 5.82 Å². The van der Waals surface area contributed by atoms with Crippen molar-refractivity contribution in [2.24, 2.45) is 5.73 Å². The Morgan fingerprint density at radius 3 is 2.56 bits per heavy atom. The van der Waals surface area contributed by atoms with E-state index in [1.165, 1.54) is 12.1 Å². The number of hydrogen-bond acceptors (Lipinski definition) is 8. The first-order chi connectivity index (χ1) is 20.0. The number of nitrogens with two attached hydrogens (primary N) is 1. The van der Waals surface area contributed by atoms with Gasteiger partial charge in [0.25, 0.3) is 0 Å². The average molecular weight is 552 g/mol. The second-order valence-corrected chi connectivity index (χ2v) is 10.8. The van der Waals surface area contributed by atoms with Crippen LogP contribution in [0.15, 0.2) is 73.7 Å². The largest absolute Gasteiger partial charge is 0.379 e. The maximum atomic E-state index is 13.4. The molecule has 2 atom stereocenters. The SMILES string of the molecule is C[C@](N)(c1ccc(F)cc1)c1cnc(C2=CCN(c3ncnn4cc(-c5cnn(C6CCOC6)c5)cc34)CC2)nc1. The van der Waals surface area contributed by atoms with Crippen LogP contribution in [0.1, 0.15) is 42.8 Å². The van der Waals surface area contributed by atoms with E-state index in [1.54, 1.807) is 30.9 Å². The van der Waals surface area contributed by atoms with E-state index >= 15 is 0 Å². The van der Waals surface area contributed by atoms with Crippen LogP contribution in [0.25, 0.3) is 22.2 Å². The zero-order chi connectivity index (χ0) is 28.0. The van der Waals surface area contributed by atoms with Gasteiger partial charge >= 0.3 is 0 Å². The number of fused-ring (bicyclic) bond motifs is 1. The van der Waals surface area contributed by atoms with Gasteiger partial charge in [-0.25, -0.2) is 23.9 Å². The van der Waals surface area contributed by atoms with Crippen LogP contribution in [0.5, 0.6) is 0 Å². The summed E-state index contributed by atoms with van der Waals surface area (Å²) in [6, 6.07) is 8.62. The van der Waals surface area contributed by atoms with Gasteiger partial charge in [0.2, 0.25) is 0 Å². The number of ether oxygens (including phenoxy) is 1. The highest BCUT2D eigenvalue weighted by atomic mass is 19.1. The minimum atomic E-state index is -0.831. The standard InChI is InChI=1S/C30H30FN9O/c1-30(32,23-2-4-25(31)5-3-23)24-14-33-28(34-15-24)20-6-9-38(10-7-20)29-27-12-21(16-40(27)37-19-35-29)22-13-36-39(17-22)26-8-11-41-18-26/h2-6,12-17,19,26H,7-11,18,32H2,1H3/t26?,30-/m0/s1. The van der Waals surface area contributed by atoms with E-state index in [9.17, 15) is 4.39 Å². The zero-order valence-corrected chi connectivity index (χ0v) is 22.7. The Labute approximate surface area is 236 Å². The lowest BCUT2D eigenvalue weighted by molar-refractivity contribution is 0.184. The third kappa shape index (κ3) is 4.76. The molecule has 10 nitrogen and oxygen atoms in total. The Morgan fingerprint density at radius 1 is 1.00 bits per heavy atom.